The predicted molar refractivity (Wildman–Crippen MR) is 103 cm³/mol. The lowest BCUT2D eigenvalue weighted by Crippen LogP contribution is -2.45. The minimum atomic E-state index is -0.112. The number of nitrogens with zero attached hydrogens (tertiary/aromatic N) is 4. The van der Waals surface area contributed by atoms with Gasteiger partial charge in [-0.3, -0.25) is 14.3 Å². The number of hydrogen-bond acceptors (Lipinski definition) is 4. The lowest BCUT2D eigenvalue weighted by atomic mass is 10.1. The van der Waals surface area contributed by atoms with Crippen molar-refractivity contribution in [2.75, 3.05) is 19.6 Å². The van der Waals surface area contributed by atoms with Crippen molar-refractivity contribution < 1.29 is 14.0 Å². The summed E-state index contributed by atoms with van der Waals surface area (Å²) in [5.41, 5.74) is 2.57. The number of rotatable bonds is 3. The average Bonchev–Trinajstić information content (AvgIpc) is 3.41. The van der Waals surface area contributed by atoms with Crippen LogP contribution in [0.2, 0.25) is 0 Å². The maximum Gasteiger partial charge on any atom is 0.290 e. The molecule has 2 aliphatic heterocycles. The highest BCUT2D eigenvalue weighted by molar-refractivity contribution is 5.99. The minimum absolute atomic E-state index is 0.0468. The van der Waals surface area contributed by atoms with Crippen molar-refractivity contribution in [1.29, 1.82) is 0 Å². The lowest BCUT2D eigenvalue weighted by Gasteiger charge is -2.35. The SMILES string of the molecule is Cc1c(C(=O)N2Cc3ccnn3[C@@H](CN3CCCC3=O)C2)oc2ccccc12. The van der Waals surface area contributed by atoms with Crippen molar-refractivity contribution in [3.63, 3.8) is 0 Å². The average molecular weight is 378 g/mol. The van der Waals surface area contributed by atoms with E-state index in [1.165, 1.54) is 0 Å². The van der Waals surface area contributed by atoms with E-state index in [-0.39, 0.29) is 17.9 Å². The van der Waals surface area contributed by atoms with Gasteiger partial charge in [-0.1, -0.05) is 18.2 Å². The summed E-state index contributed by atoms with van der Waals surface area (Å²) in [7, 11) is 0. The number of furan rings is 1. The molecule has 1 saturated heterocycles. The van der Waals surface area contributed by atoms with Crippen LogP contribution in [0.3, 0.4) is 0 Å². The summed E-state index contributed by atoms with van der Waals surface area (Å²) in [6.07, 6.45) is 3.27. The van der Waals surface area contributed by atoms with Crippen molar-refractivity contribution >= 4 is 22.8 Å². The summed E-state index contributed by atoms with van der Waals surface area (Å²) in [5.74, 6) is 0.467. The number of aryl methyl sites for hydroxylation is 1. The minimum Gasteiger partial charge on any atom is -0.451 e. The second kappa shape index (κ2) is 6.51. The third-order valence-electron chi connectivity index (χ3n) is 5.81. The van der Waals surface area contributed by atoms with Crippen molar-refractivity contribution in [2.45, 2.75) is 32.4 Å². The Morgan fingerprint density at radius 1 is 1.29 bits per heavy atom. The first-order valence-electron chi connectivity index (χ1n) is 9.69. The van der Waals surface area contributed by atoms with Crippen LogP contribution in [0.25, 0.3) is 11.0 Å². The van der Waals surface area contributed by atoms with Gasteiger partial charge in [-0.25, -0.2) is 0 Å². The van der Waals surface area contributed by atoms with Gasteiger partial charge < -0.3 is 14.2 Å². The zero-order chi connectivity index (χ0) is 19.3. The van der Waals surface area contributed by atoms with Crippen LogP contribution < -0.4 is 0 Å². The summed E-state index contributed by atoms with van der Waals surface area (Å²) in [5, 5.41) is 5.41. The number of para-hydroxylation sites is 1. The molecule has 2 aliphatic rings. The standard InChI is InChI=1S/C21H22N4O3/c1-14-17-5-2-3-6-18(17)28-20(14)21(27)24-11-15-8-9-22-25(15)16(13-24)12-23-10-4-7-19(23)26/h2-3,5-6,8-9,16H,4,7,10-13H2,1H3/t16-/m0/s1. The molecule has 0 aliphatic carbocycles. The van der Waals surface area contributed by atoms with E-state index in [0.29, 0.717) is 31.8 Å². The number of benzene rings is 1. The van der Waals surface area contributed by atoms with E-state index < -0.39 is 0 Å². The predicted octanol–water partition coefficient (Wildman–Crippen LogP) is 2.76. The Bertz CT molecular complexity index is 1070. The smallest absolute Gasteiger partial charge is 0.290 e. The largest absolute Gasteiger partial charge is 0.451 e. The molecule has 7 heteroatoms. The van der Waals surface area contributed by atoms with E-state index in [0.717, 1.165) is 35.2 Å². The number of amides is 2. The normalized spacial score (nSPS) is 19.5. The van der Waals surface area contributed by atoms with Crippen LogP contribution in [0, 0.1) is 6.92 Å². The first-order valence-corrected chi connectivity index (χ1v) is 9.69. The maximum atomic E-state index is 13.3. The van der Waals surface area contributed by atoms with Crippen molar-refractivity contribution in [3.05, 3.63) is 53.5 Å². The van der Waals surface area contributed by atoms with E-state index >= 15 is 0 Å². The molecule has 1 fully saturated rings. The molecule has 2 amide bonds. The Morgan fingerprint density at radius 3 is 2.93 bits per heavy atom. The summed E-state index contributed by atoms with van der Waals surface area (Å²) in [4.78, 5) is 29.1. The van der Waals surface area contributed by atoms with Crippen LogP contribution in [-0.2, 0) is 11.3 Å². The molecule has 7 nitrogen and oxygen atoms in total. The topological polar surface area (TPSA) is 71.6 Å². The molecule has 0 radical (unpaired) electrons. The fraction of sp³-hybridized carbons (Fsp3) is 0.381. The molecule has 28 heavy (non-hydrogen) atoms. The Labute approximate surface area is 162 Å². The first-order chi connectivity index (χ1) is 13.6. The fourth-order valence-electron chi connectivity index (χ4n) is 4.35. The molecule has 1 atom stereocenters. The van der Waals surface area contributed by atoms with Crippen LogP contribution in [-0.4, -0.2) is 51.0 Å². The Morgan fingerprint density at radius 2 is 2.14 bits per heavy atom. The molecular weight excluding hydrogens is 356 g/mol. The van der Waals surface area contributed by atoms with E-state index in [4.69, 9.17) is 4.42 Å². The molecule has 3 aromatic rings. The molecule has 0 spiro atoms. The van der Waals surface area contributed by atoms with Crippen LogP contribution in [0.15, 0.2) is 40.9 Å². The van der Waals surface area contributed by atoms with Gasteiger partial charge in [0.2, 0.25) is 5.91 Å². The van der Waals surface area contributed by atoms with Gasteiger partial charge in [-0.15, -0.1) is 0 Å². The summed E-state index contributed by atoms with van der Waals surface area (Å²) in [6, 6.07) is 9.59. The maximum absolute atomic E-state index is 13.3. The van der Waals surface area contributed by atoms with E-state index in [1.54, 1.807) is 6.20 Å². The van der Waals surface area contributed by atoms with Crippen LogP contribution in [0.1, 0.15) is 40.7 Å². The number of fused-ring (bicyclic) bond motifs is 2. The number of hydrogen-bond donors (Lipinski definition) is 0. The molecule has 0 unspecified atom stereocenters. The van der Waals surface area contributed by atoms with Crippen LogP contribution in [0.4, 0.5) is 0 Å². The Hall–Kier alpha value is -3.09. The quantitative estimate of drug-likeness (QED) is 0.703. The number of carbonyl (C=O) groups is 2. The highest BCUT2D eigenvalue weighted by atomic mass is 16.3. The molecule has 144 valence electrons. The third kappa shape index (κ3) is 2.69. The molecular formula is C21H22N4O3. The van der Waals surface area contributed by atoms with Gasteiger partial charge in [-0.05, 0) is 25.5 Å². The van der Waals surface area contributed by atoms with Crippen LogP contribution in [0.5, 0.6) is 0 Å². The lowest BCUT2D eigenvalue weighted by molar-refractivity contribution is -0.128. The number of carbonyl (C=O) groups excluding carboxylic acids is 2. The second-order valence-corrected chi connectivity index (χ2v) is 7.60. The van der Waals surface area contributed by atoms with Gasteiger partial charge in [0.05, 0.1) is 18.3 Å². The van der Waals surface area contributed by atoms with Crippen molar-refractivity contribution in [1.82, 2.24) is 19.6 Å². The molecule has 2 aromatic heterocycles. The highest BCUT2D eigenvalue weighted by Crippen LogP contribution is 2.29. The number of aromatic nitrogens is 2. The second-order valence-electron chi connectivity index (χ2n) is 7.60. The Balaban J connectivity index is 1.44. The fourth-order valence-corrected chi connectivity index (χ4v) is 4.35. The van der Waals surface area contributed by atoms with E-state index in [1.807, 2.05) is 51.7 Å². The monoisotopic (exact) mass is 378 g/mol. The van der Waals surface area contributed by atoms with E-state index in [9.17, 15) is 9.59 Å². The first kappa shape index (κ1) is 17.0. The zero-order valence-corrected chi connectivity index (χ0v) is 15.8. The molecule has 0 saturated carbocycles. The van der Waals surface area contributed by atoms with Gasteiger partial charge in [0, 0.05) is 43.2 Å². The van der Waals surface area contributed by atoms with Gasteiger partial charge in [0.25, 0.3) is 5.91 Å². The van der Waals surface area contributed by atoms with Gasteiger partial charge in [0.15, 0.2) is 5.76 Å². The summed E-state index contributed by atoms with van der Waals surface area (Å²) in [6.45, 7) is 4.28. The van der Waals surface area contributed by atoms with Crippen LogP contribution >= 0.6 is 0 Å². The molecule has 0 bridgehead atoms. The molecule has 1 aromatic carbocycles. The zero-order valence-electron chi connectivity index (χ0n) is 15.8. The van der Waals surface area contributed by atoms with Gasteiger partial charge in [0.1, 0.15) is 5.58 Å². The van der Waals surface area contributed by atoms with Crippen molar-refractivity contribution in [2.24, 2.45) is 0 Å². The third-order valence-corrected chi connectivity index (χ3v) is 5.81. The summed E-state index contributed by atoms with van der Waals surface area (Å²) >= 11 is 0. The number of likely N-dealkylation sites (tertiary alicyclic amines) is 1. The van der Waals surface area contributed by atoms with Crippen molar-refractivity contribution in [3.8, 4) is 0 Å². The molecule has 0 N–H and O–H groups in total. The Kier molecular flexibility index (Phi) is 3.96. The highest BCUT2D eigenvalue weighted by Gasteiger charge is 2.34. The molecule has 5 rings (SSSR count). The van der Waals surface area contributed by atoms with E-state index in [2.05, 4.69) is 5.10 Å². The summed E-state index contributed by atoms with van der Waals surface area (Å²) < 4.78 is 7.85. The molecule has 4 heterocycles. The van der Waals surface area contributed by atoms with Gasteiger partial charge in [-0.2, -0.15) is 5.10 Å². The van der Waals surface area contributed by atoms with Gasteiger partial charge >= 0.3 is 0 Å².